The lowest BCUT2D eigenvalue weighted by atomic mass is 9.88. The maximum absolute atomic E-state index is 12.9. The first kappa shape index (κ1) is 22.1. The highest BCUT2D eigenvalue weighted by Gasteiger charge is 2.41. The Kier molecular flexibility index (Phi) is 5.82. The summed E-state index contributed by atoms with van der Waals surface area (Å²) in [6, 6.07) is 6.39. The quantitative estimate of drug-likeness (QED) is 0.660. The number of rotatable bonds is 5. The summed E-state index contributed by atoms with van der Waals surface area (Å²) >= 11 is 0. The molecule has 1 saturated heterocycles. The Morgan fingerprint density at radius 1 is 1.12 bits per heavy atom. The Morgan fingerprint density at radius 3 is 2.56 bits per heavy atom. The molecule has 4 rings (SSSR count). The Bertz CT molecular complexity index is 1010. The normalized spacial score (nSPS) is 22.8. The first-order valence-electron chi connectivity index (χ1n) is 9.36. The van der Waals surface area contributed by atoms with Crippen molar-refractivity contribution in [2.75, 3.05) is 6.61 Å². The van der Waals surface area contributed by atoms with E-state index in [0.29, 0.717) is 29.9 Å². The van der Waals surface area contributed by atoms with E-state index in [2.05, 4.69) is 10.1 Å². The van der Waals surface area contributed by atoms with Crippen LogP contribution in [0, 0.1) is 0 Å². The van der Waals surface area contributed by atoms with Crippen molar-refractivity contribution in [2.24, 2.45) is 0 Å². The molecule has 2 aromatic carbocycles. The molecule has 0 spiro atoms. The summed E-state index contributed by atoms with van der Waals surface area (Å²) < 4.78 is 84.6. The van der Waals surface area contributed by atoms with E-state index in [1.807, 2.05) is 0 Å². The molecule has 3 atom stereocenters. The van der Waals surface area contributed by atoms with Gasteiger partial charge in [0.15, 0.2) is 11.5 Å². The molecule has 0 bridgehead atoms. The van der Waals surface area contributed by atoms with Crippen molar-refractivity contribution in [3.8, 4) is 23.0 Å². The summed E-state index contributed by atoms with van der Waals surface area (Å²) in [5.74, 6) is -1.63. The predicted octanol–water partition coefficient (Wildman–Crippen LogP) is 3.76. The number of hydrogen-bond acceptors (Lipinski definition) is 6. The number of nitrogens with one attached hydrogen (secondary N) is 1. The Morgan fingerprint density at radius 2 is 1.91 bits per heavy atom. The summed E-state index contributed by atoms with van der Waals surface area (Å²) in [7, 11) is 0. The first-order chi connectivity index (χ1) is 15.1. The molecule has 0 radical (unpaired) electrons. The number of carbonyl (C=O) groups excluding carboxylic acids is 1. The number of ether oxygens (including phenoxy) is 4. The standard InChI is InChI=1S/C20H16F5NO6/c21-18(22)31-15-7-9(20(23,24)25)1-4-13(15)30-10-2-3-11-12(5-6-29-14(11)8-10)16-17(27)26-19(28)32-16/h1-4,7-8,12,16,18-19,28H,5-6H2,(H,26,27)/t12-,16-,19?/m1/s1. The van der Waals surface area contributed by atoms with Gasteiger partial charge in [-0.25, -0.2) is 0 Å². The van der Waals surface area contributed by atoms with Crippen molar-refractivity contribution in [3.63, 3.8) is 0 Å². The summed E-state index contributed by atoms with van der Waals surface area (Å²) in [5, 5.41) is 11.7. The first-order valence-corrected chi connectivity index (χ1v) is 9.36. The monoisotopic (exact) mass is 461 g/mol. The van der Waals surface area contributed by atoms with E-state index in [4.69, 9.17) is 14.2 Å². The highest BCUT2D eigenvalue weighted by atomic mass is 19.4. The van der Waals surface area contributed by atoms with Crippen LogP contribution in [0.25, 0.3) is 0 Å². The van der Waals surface area contributed by atoms with E-state index in [1.54, 1.807) is 6.07 Å². The summed E-state index contributed by atoms with van der Waals surface area (Å²) in [5.41, 5.74) is -0.580. The number of halogens is 5. The van der Waals surface area contributed by atoms with Crippen LogP contribution in [-0.2, 0) is 15.7 Å². The molecule has 2 N–H and O–H groups in total. The minimum absolute atomic E-state index is 0.0834. The zero-order chi connectivity index (χ0) is 23.0. The van der Waals surface area contributed by atoms with Gasteiger partial charge in [-0.05, 0) is 30.7 Å². The highest BCUT2D eigenvalue weighted by Crippen LogP contribution is 2.43. The molecular formula is C20H16F5NO6. The van der Waals surface area contributed by atoms with Crippen LogP contribution in [0.4, 0.5) is 22.0 Å². The predicted molar refractivity (Wildman–Crippen MR) is 96.5 cm³/mol. The number of carbonyl (C=O) groups is 1. The van der Waals surface area contributed by atoms with E-state index in [-0.39, 0.29) is 18.1 Å². The van der Waals surface area contributed by atoms with Crippen molar-refractivity contribution in [2.45, 2.75) is 37.6 Å². The number of hydrogen-bond donors (Lipinski definition) is 2. The van der Waals surface area contributed by atoms with Gasteiger partial charge in [0.05, 0.1) is 12.2 Å². The summed E-state index contributed by atoms with van der Waals surface area (Å²) in [4.78, 5) is 12.0. The minimum atomic E-state index is -4.75. The van der Waals surface area contributed by atoms with Crippen LogP contribution >= 0.6 is 0 Å². The third kappa shape index (κ3) is 4.55. The SMILES string of the molecule is O=C1NC(O)O[C@@H]1[C@@H]1CCOc2cc(Oc3ccc(C(F)(F)F)cc3OC(F)F)ccc21. The van der Waals surface area contributed by atoms with Crippen LogP contribution in [0.1, 0.15) is 23.5 Å². The average Bonchev–Trinajstić information content (AvgIpc) is 3.05. The number of fused-ring (bicyclic) bond motifs is 1. The number of amides is 1. The van der Waals surface area contributed by atoms with Gasteiger partial charge in [-0.3, -0.25) is 4.79 Å². The average molecular weight is 461 g/mol. The second-order valence-corrected chi connectivity index (χ2v) is 7.00. The lowest BCUT2D eigenvalue weighted by Crippen LogP contribution is -2.32. The fourth-order valence-corrected chi connectivity index (χ4v) is 3.58. The van der Waals surface area contributed by atoms with Crippen molar-refractivity contribution in [1.29, 1.82) is 0 Å². The Labute approximate surface area is 177 Å². The minimum Gasteiger partial charge on any atom is -0.493 e. The fourth-order valence-electron chi connectivity index (χ4n) is 3.58. The lowest BCUT2D eigenvalue weighted by Gasteiger charge is -2.28. The van der Waals surface area contributed by atoms with Gasteiger partial charge in [0.1, 0.15) is 17.6 Å². The highest BCUT2D eigenvalue weighted by molar-refractivity contribution is 5.83. The fraction of sp³-hybridized carbons (Fsp3) is 0.350. The molecule has 1 amide bonds. The maximum atomic E-state index is 12.9. The van der Waals surface area contributed by atoms with Crippen molar-refractivity contribution >= 4 is 5.91 Å². The Balaban J connectivity index is 1.60. The molecule has 2 aliphatic rings. The van der Waals surface area contributed by atoms with E-state index < -0.39 is 48.4 Å². The second-order valence-electron chi connectivity index (χ2n) is 7.00. The molecule has 2 aromatic rings. The van der Waals surface area contributed by atoms with E-state index in [0.717, 1.165) is 6.07 Å². The molecule has 12 heteroatoms. The number of aliphatic hydroxyl groups excluding tert-OH is 1. The van der Waals surface area contributed by atoms with E-state index in [9.17, 15) is 31.9 Å². The topological polar surface area (TPSA) is 86.3 Å². The van der Waals surface area contributed by atoms with Gasteiger partial charge < -0.3 is 29.4 Å². The second kappa shape index (κ2) is 8.43. The van der Waals surface area contributed by atoms with Crippen molar-refractivity contribution in [3.05, 3.63) is 47.5 Å². The van der Waals surface area contributed by atoms with Crippen LogP contribution in [0.2, 0.25) is 0 Å². The molecule has 7 nitrogen and oxygen atoms in total. The number of alkyl halides is 5. The number of aliphatic hydroxyl groups is 1. The Hall–Kier alpha value is -3.12. The lowest BCUT2D eigenvalue weighted by molar-refractivity contribution is -0.138. The molecule has 1 fully saturated rings. The van der Waals surface area contributed by atoms with E-state index in [1.165, 1.54) is 12.1 Å². The van der Waals surface area contributed by atoms with Crippen molar-refractivity contribution < 1.29 is 50.8 Å². The molecular weight excluding hydrogens is 445 g/mol. The van der Waals surface area contributed by atoms with Gasteiger partial charge in [-0.1, -0.05) is 6.07 Å². The van der Waals surface area contributed by atoms with Gasteiger partial charge in [-0.2, -0.15) is 22.0 Å². The largest absolute Gasteiger partial charge is 0.493 e. The smallest absolute Gasteiger partial charge is 0.416 e. The maximum Gasteiger partial charge on any atom is 0.416 e. The molecule has 0 aliphatic carbocycles. The summed E-state index contributed by atoms with van der Waals surface area (Å²) in [6.45, 7) is -3.13. The third-order valence-corrected chi connectivity index (χ3v) is 4.95. The van der Waals surface area contributed by atoms with Crippen LogP contribution in [0.5, 0.6) is 23.0 Å². The van der Waals surface area contributed by atoms with Crippen LogP contribution < -0.4 is 19.5 Å². The molecule has 0 saturated carbocycles. The van der Waals surface area contributed by atoms with Crippen LogP contribution in [0.3, 0.4) is 0 Å². The van der Waals surface area contributed by atoms with Crippen molar-refractivity contribution in [1.82, 2.24) is 5.32 Å². The van der Waals surface area contributed by atoms with Gasteiger partial charge in [0.25, 0.3) is 5.91 Å². The molecule has 32 heavy (non-hydrogen) atoms. The molecule has 1 unspecified atom stereocenters. The molecule has 2 aliphatic heterocycles. The third-order valence-electron chi connectivity index (χ3n) is 4.95. The molecule has 0 aromatic heterocycles. The van der Waals surface area contributed by atoms with Gasteiger partial charge in [0.2, 0.25) is 6.41 Å². The van der Waals surface area contributed by atoms with Crippen LogP contribution in [0.15, 0.2) is 36.4 Å². The van der Waals surface area contributed by atoms with Gasteiger partial charge >= 0.3 is 12.8 Å². The van der Waals surface area contributed by atoms with Gasteiger partial charge in [0, 0.05) is 17.5 Å². The van der Waals surface area contributed by atoms with E-state index >= 15 is 0 Å². The van der Waals surface area contributed by atoms with Gasteiger partial charge in [-0.15, -0.1) is 0 Å². The molecule has 2 heterocycles. The zero-order valence-electron chi connectivity index (χ0n) is 16.1. The van der Waals surface area contributed by atoms with Crippen LogP contribution in [-0.4, -0.2) is 36.8 Å². The zero-order valence-corrected chi connectivity index (χ0v) is 16.1. The summed E-state index contributed by atoms with van der Waals surface area (Å²) in [6.07, 6.45) is -6.66. The number of benzene rings is 2. The molecule has 172 valence electrons.